The summed E-state index contributed by atoms with van der Waals surface area (Å²) in [5, 5.41) is 9.95. The van der Waals surface area contributed by atoms with Crippen molar-refractivity contribution in [3.05, 3.63) is 12.7 Å². The number of hydrogen-bond donors (Lipinski definition) is 1. The lowest BCUT2D eigenvalue weighted by atomic mass is 10.0. The first kappa shape index (κ1) is 20.7. The van der Waals surface area contributed by atoms with Crippen molar-refractivity contribution >= 4 is 0 Å². The molecule has 21 heavy (non-hydrogen) atoms. The second-order valence-electron chi connectivity index (χ2n) is 6.55. The quantitative estimate of drug-likeness (QED) is 0.231. The molecule has 0 amide bonds. The zero-order valence-corrected chi connectivity index (χ0v) is 14.6. The summed E-state index contributed by atoms with van der Waals surface area (Å²) < 4.78 is 0. The second-order valence-corrected chi connectivity index (χ2v) is 6.55. The van der Waals surface area contributed by atoms with E-state index < -0.39 is 0 Å². The highest BCUT2D eigenvalue weighted by Crippen LogP contribution is 2.14. The predicted molar refractivity (Wildman–Crippen MR) is 95.7 cm³/mol. The van der Waals surface area contributed by atoms with Gasteiger partial charge in [-0.3, -0.25) is 0 Å². The minimum absolute atomic E-state index is 0.0433. The fraction of sp³-hybridized carbons (Fsp3) is 0.900. The molecule has 1 unspecified atom stereocenters. The molecule has 1 heteroatoms. The molecule has 0 aliphatic carbocycles. The maximum Gasteiger partial charge on any atom is 0.0540 e. The molecule has 0 heterocycles. The number of rotatable bonds is 17. The fourth-order valence-electron chi connectivity index (χ4n) is 2.86. The summed E-state index contributed by atoms with van der Waals surface area (Å²) >= 11 is 0. The lowest BCUT2D eigenvalue weighted by Crippen LogP contribution is -2.05. The molecule has 0 spiro atoms. The summed E-state index contributed by atoms with van der Waals surface area (Å²) in [7, 11) is 0. The monoisotopic (exact) mass is 296 g/mol. The van der Waals surface area contributed by atoms with Gasteiger partial charge in [0, 0.05) is 0 Å². The minimum Gasteiger partial charge on any atom is -0.393 e. The average Bonchev–Trinajstić information content (AvgIpc) is 2.49. The molecular formula is C20H40O. The van der Waals surface area contributed by atoms with Gasteiger partial charge >= 0.3 is 0 Å². The summed E-state index contributed by atoms with van der Waals surface area (Å²) in [6.45, 7) is 6.01. The number of hydrogen-bond acceptors (Lipinski definition) is 1. The molecule has 0 saturated heterocycles. The Bertz CT molecular complexity index is 200. The summed E-state index contributed by atoms with van der Waals surface area (Å²) in [4.78, 5) is 0. The van der Waals surface area contributed by atoms with E-state index in [1.807, 2.05) is 6.08 Å². The van der Waals surface area contributed by atoms with E-state index in [1.54, 1.807) is 0 Å². The Kier molecular flexibility index (Phi) is 17.5. The Morgan fingerprint density at radius 2 is 1.14 bits per heavy atom. The van der Waals surface area contributed by atoms with Crippen molar-refractivity contribution in [3.63, 3.8) is 0 Å². The first-order valence-corrected chi connectivity index (χ1v) is 9.60. The van der Waals surface area contributed by atoms with Crippen molar-refractivity contribution in [2.45, 2.75) is 116 Å². The van der Waals surface area contributed by atoms with E-state index in [9.17, 15) is 5.11 Å². The van der Waals surface area contributed by atoms with Crippen LogP contribution in [0.4, 0.5) is 0 Å². The molecule has 0 aromatic carbocycles. The van der Waals surface area contributed by atoms with Gasteiger partial charge < -0.3 is 5.11 Å². The molecule has 1 atom stereocenters. The van der Waals surface area contributed by atoms with Crippen LogP contribution < -0.4 is 0 Å². The molecule has 1 nitrogen and oxygen atoms in total. The van der Waals surface area contributed by atoms with Gasteiger partial charge in [-0.1, -0.05) is 90.0 Å². The van der Waals surface area contributed by atoms with Gasteiger partial charge in [-0.25, -0.2) is 0 Å². The zero-order chi connectivity index (χ0) is 15.6. The van der Waals surface area contributed by atoms with Crippen molar-refractivity contribution in [2.24, 2.45) is 0 Å². The van der Waals surface area contributed by atoms with Crippen LogP contribution in [0.5, 0.6) is 0 Å². The highest BCUT2D eigenvalue weighted by atomic mass is 16.3. The third kappa shape index (κ3) is 17.6. The third-order valence-electron chi connectivity index (χ3n) is 4.34. The van der Waals surface area contributed by atoms with Gasteiger partial charge in [-0.15, -0.1) is 6.58 Å². The van der Waals surface area contributed by atoms with Gasteiger partial charge in [-0.2, -0.15) is 0 Å². The number of aliphatic hydroxyl groups is 1. The van der Waals surface area contributed by atoms with Crippen LogP contribution in [0.25, 0.3) is 0 Å². The van der Waals surface area contributed by atoms with E-state index in [0.717, 1.165) is 19.3 Å². The SMILES string of the molecule is C=CCCCCCCCC(O)CCCCCCCCCC. The normalized spacial score (nSPS) is 12.5. The van der Waals surface area contributed by atoms with Gasteiger partial charge in [0.15, 0.2) is 0 Å². The van der Waals surface area contributed by atoms with E-state index in [1.165, 1.54) is 83.5 Å². The smallest absolute Gasteiger partial charge is 0.0540 e. The largest absolute Gasteiger partial charge is 0.393 e. The van der Waals surface area contributed by atoms with Crippen molar-refractivity contribution in [1.82, 2.24) is 0 Å². The highest BCUT2D eigenvalue weighted by Gasteiger charge is 2.03. The molecular weight excluding hydrogens is 256 g/mol. The Labute approximate surface area is 134 Å². The summed E-state index contributed by atoms with van der Waals surface area (Å²) in [6, 6.07) is 0. The molecule has 0 fully saturated rings. The predicted octanol–water partition coefficient (Wildman–Crippen LogP) is 6.79. The molecule has 126 valence electrons. The van der Waals surface area contributed by atoms with Crippen molar-refractivity contribution in [1.29, 1.82) is 0 Å². The van der Waals surface area contributed by atoms with Crippen LogP contribution in [-0.2, 0) is 0 Å². The Hall–Kier alpha value is -0.300. The maximum absolute atomic E-state index is 9.95. The molecule has 0 aliphatic heterocycles. The fourth-order valence-corrected chi connectivity index (χ4v) is 2.86. The standard InChI is InChI=1S/C20H40O/c1-3-5-7-9-11-13-15-17-19-20(21)18-16-14-12-10-8-6-4-2/h4,20-21H,2-3,5-19H2,1H3. The first-order valence-electron chi connectivity index (χ1n) is 9.60. The Morgan fingerprint density at radius 3 is 1.62 bits per heavy atom. The third-order valence-corrected chi connectivity index (χ3v) is 4.34. The number of aliphatic hydroxyl groups excluding tert-OH is 1. The molecule has 0 aromatic heterocycles. The molecule has 0 aromatic rings. The van der Waals surface area contributed by atoms with Crippen molar-refractivity contribution < 1.29 is 5.11 Å². The Balaban J connectivity index is 3.12. The van der Waals surface area contributed by atoms with Crippen LogP contribution in [0.2, 0.25) is 0 Å². The summed E-state index contributed by atoms with van der Waals surface area (Å²) in [5.74, 6) is 0. The van der Waals surface area contributed by atoms with Crippen LogP contribution in [0, 0.1) is 0 Å². The maximum atomic E-state index is 9.95. The van der Waals surface area contributed by atoms with Crippen LogP contribution in [0.3, 0.4) is 0 Å². The van der Waals surface area contributed by atoms with Gasteiger partial charge in [0.25, 0.3) is 0 Å². The van der Waals surface area contributed by atoms with Crippen LogP contribution >= 0.6 is 0 Å². The topological polar surface area (TPSA) is 20.2 Å². The second kappa shape index (κ2) is 17.8. The lowest BCUT2D eigenvalue weighted by molar-refractivity contribution is 0.147. The van der Waals surface area contributed by atoms with E-state index in [4.69, 9.17) is 0 Å². The minimum atomic E-state index is -0.0433. The lowest BCUT2D eigenvalue weighted by Gasteiger charge is -2.10. The molecule has 1 N–H and O–H groups in total. The van der Waals surface area contributed by atoms with E-state index in [2.05, 4.69) is 13.5 Å². The van der Waals surface area contributed by atoms with Gasteiger partial charge in [-0.05, 0) is 25.7 Å². The van der Waals surface area contributed by atoms with Gasteiger partial charge in [0.2, 0.25) is 0 Å². The van der Waals surface area contributed by atoms with E-state index in [-0.39, 0.29) is 6.10 Å². The zero-order valence-electron chi connectivity index (χ0n) is 14.6. The summed E-state index contributed by atoms with van der Waals surface area (Å²) in [5.41, 5.74) is 0. The van der Waals surface area contributed by atoms with Crippen LogP contribution in [-0.4, -0.2) is 11.2 Å². The van der Waals surface area contributed by atoms with E-state index >= 15 is 0 Å². The van der Waals surface area contributed by atoms with E-state index in [0.29, 0.717) is 0 Å². The number of allylic oxidation sites excluding steroid dienone is 1. The average molecular weight is 297 g/mol. The van der Waals surface area contributed by atoms with Crippen molar-refractivity contribution in [3.8, 4) is 0 Å². The highest BCUT2D eigenvalue weighted by molar-refractivity contribution is 4.65. The molecule has 0 rings (SSSR count). The first-order chi connectivity index (χ1) is 10.3. The molecule has 0 saturated carbocycles. The molecule has 0 aliphatic rings. The van der Waals surface area contributed by atoms with Crippen molar-refractivity contribution in [2.75, 3.05) is 0 Å². The summed E-state index contributed by atoms with van der Waals surface area (Å²) in [6.07, 6.45) is 22.4. The van der Waals surface area contributed by atoms with Gasteiger partial charge in [0.1, 0.15) is 0 Å². The van der Waals surface area contributed by atoms with Gasteiger partial charge in [0.05, 0.1) is 6.10 Å². The molecule has 0 radical (unpaired) electrons. The van der Waals surface area contributed by atoms with Crippen LogP contribution in [0.15, 0.2) is 12.7 Å². The van der Waals surface area contributed by atoms with Crippen LogP contribution in [0.1, 0.15) is 110 Å². The number of unbranched alkanes of at least 4 members (excludes halogenated alkanes) is 12. The molecule has 0 bridgehead atoms. The Morgan fingerprint density at radius 1 is 0.714 bits per heavy atom.